The Bertz CT molecular complexity index is 507. The maximum atomic E-state index is 5.88. The van der Waals surface area contributed by atoms with Crippen LogP contribution in [0.1, 0.15) is 27.2 Å². The zero-order valence-electron chi connectivity index (χ0n) is 9.57. The Morgan fingerprint density at radius 3 is 2.94 bits per heavy atom. The van der Waals surface area contributed by atoms with Gasteiger partial charge in [0.05, 0.1) is 0 Å². The molecule has 2 aromatic heterocycles. The Balaban J connectivity index is 2.47. The average molecular weight is 284 g/mol. The van der Waals surface area contributed by atoms with Crippen LogP contribution in [0.25, 0.3) is 5.65 Å². The summed E-state index contributed by atoms with van der Waals surface area (Å²) in [5.74, 6) is 0.561. The molecular weight excluding hydrogens is 270 g/mol. The molecule has 5 heteroatoms. The average Bonchev–Trinajstić information content (AvgIpc) is 2.65. The smallest absolute Gasteiger partial charge is 0.259 e. The van der Waals surface area contributed by atoms with Crippen LogP contribution in [0.4, 0.5) is 0 Å². The molecule has 0 saturated carbocycles. The van der Waals surface area contributed by atoms with E-state index in [9.17, 15) is 0 Å². The first-order valence-electron chi connectivity index (χ1n) is 5.20. The van der Waals surface area contributed by atoms with Crippen LogP contribution in [0, 0.1) is 0 Å². The van der Waals surface area contributed by atoms with Crippen molar-refractivity contribution in [1.29, 1.82) is 0 Å². The lowest BCUT2D eigenvalue weighted by atomic mass is 10.1. The van der Waals surface area contributed by atoms with Crippen molar-refractivity contribution in [2.45, 2.75) is 32.8 Å². The lowest BCUT2D eigenvalue weighted by Gasteiger charge is -2.24. The van der Waals surface area contributed by atoms with Crippen molar-refractivity contribution >= 4 is 21.6 Å². The van der Waals surface area contributed by atoms with Crippen LogP contribution < -0.4 is 4.74 Å². The number of ether oxygens (including phenoxy) is 1. The van der Waals surface area contributed by atoms with Crippen molar-refractivity contribution in [3.63, 3.8) is 0 Å². The number of fused-ring (bicyclic) bond motifs is 1. The molecule has 86 valence electrons. The molecule has 0 aliphatic carbocycles. The van der Waals surface area contributed by atoms with Gasteiger partial charge in [0, 0.05) is 18.6 Å². The van der Waals surface area contributed by atoms with Crippen molar-refractivity contribution in [1.82, 2.24) is 14.4 Å². The third kappa shape index (κ3) is 2.19. The molecule has 0 unspecified atom stereocenters. The van der Waals surface area contributed by atoms with Crippen LogP contribution in [0.15, 0.2) is 23.2 Å². The minimum atomic E-state index is -0.236. The van der Waals surface area contributed by atoms with Gasteiger partial charge >= 0.3 is 0 Å². The van der Waals surface area contributed by atoms with Crippen LogP contribution >= 0.6 is 15.9 Å². The fourth-order valence-electron chi connectivity index (χ4n) is 1.28. The van der Waals surface area contributed by atoms with Crippen LogP contribution in [-0.4, -0.2) is 20.0 Å². The standard InChI is InChI=1S/C11H14BrN3O/c1-4-11(2,3)16-10-9-13-5-6-15(9)7-8(12)14-10/h5-7H,4H2,1-3H3. The third-order valence-corrected chi connectivity index (χ3v) is 2.92. The number of imidazole rings is 1. The fourth-order valence-corrected chi connectivity index (χ4v) is 1.66. The molecule has 0 atom stereocenters. The number of nitrogens with zero attached hydrogens (tertiary/aromatic N) is 3. The van der Waals surface area contributed by atoms with E-state index in [1.54, 1.807) is 6.20 Å². The van der Waals surface area contributed by atoms with Crippen LogP contribution in [0.2, 0.25) is 0 Å². The van der Waals surface area contributed by atoms with Crippen molar-refractivity contribution in [3.05, 3.63) is 23.2 Å². The zero-order chi connectivity index (χ0) is 11.8. The number of hydrogen-bond acceptors (Lipinski definition) is 3. The molecule has 0 bridgehead atoms. The lowest BCUT2D eigenvalue weighted by molar-refractivity contribution is 0.100. The first kappa shape index (κ1) is 11.4. The minimum absolute atomic E-state index is 0.236. The third-order valence-electron chi connectivity index (χ3n) is 2.54. The summed E-state index contributed by atoms with van der Waals surface area (Å²) in [6, 6.07) is 0. The van der Waals surface area contributed by atoms with E-state index in [0.717, 1.165) is 16.7 Å². The van der Waals surface area contributed by atoms with Gasteiger partial charge in [0.15, 0.2) is 0 Å². The van der Waals surface area contributed by atoms with E-state index in [-0.39, 0.29) is 5.60 Å². The molecule has 0 aliphatic rings. The van der Waals surface area contributed by atoms with E-state index < -0.39 is 0 Å². The lowest BCUT2D eigenvalue weighted by Crippen LogP contribution is -2.27. The summed E-state index contributed by atoms with van der Waals surface area (Å²) in [6.07, 6.45) is 6.37. The maximum absolute atomic E-state index is 5.88. The van der Waals surface area contributed by atoms with Gasteiger partial charge in [0.1, 0.15) is 10.2 Å². The summed E-state index contributed by atoms with van der Waals surface area (Å²) in [4.78, 5) is 8.55. The number of aromatic nitrogens is 3. The van der Waals surface area contributed by atoms with E-state index in [2.05, 4.69) is 32.8 Å². The zero-order valence-corrected chi connectivity index (χ0v) is 11.2. The number of rotatable bonds is 3. The molecule has 0 amide bonds. The SMILES string of the molecule is CCC(C)(C)Oc1nc(Br)cn2ccnc12. The molecule has 0 aliphatic heterocycles. The number of halogens is 1. The molecule has 2 rings (SSSR count). The van der Waals surface area contributed by atoms with Gasteiger partial charge in [-0.25, -0.2) is 9.97 Å². The van der Waals surface area contributed by atoms with Gasteiger partial charge < -0.3 is 4.74 Å². The molecule has 2 heterocycles. The van der Waals surface area contributed by atoms with Gasteiger partial charge in [-0.3, -0.25) is 4.40 Å². The van der Waals surface area contributed by atoms with Crippen molar-refractivity contribution in [3.8, 4) is 5.88 Å². The molecule has 0 N–H and O–H groups in total. The Hall–Kier alpha value is -1.10. The minimum Gasteiger partial charge on any atom is -0.469 e. The highest BCUT2D eigenvalue weighted by molar-refractivity contribution is 9.10. The molecule has 0 spiro atoms. The summed E-state index contributed by atoms with van der Waals surface area (Å²) in [6.45, 7) is 6.16. The van der Waals surface area contributed by atoms with Gasteiger partial charge in [0.25, 0.3) is 5.88 Å². The quantitative estimate of drug-likeness (QED) is 0.869. The second-order valence-corrected chi connectivity index (χ2v) is 5.05. The first-order chi connectivity index (χ1) is 7.52. The largest absolute Gasteiger partial charge is 0.469 e. The summed E-state index contributed by atoms with van der Waals surface area (Å²) in [7, 11) is 0. The van der Waals surface area contributed by atoms with E-state index >= 15 is 0 Å². The van der Waals surface area contributed by atoms with Gasteiger partial charge in [-0.05, 0) is 36.2 Å². The van der Waals surface area contributed by atoms with Gasteiger partial charge in [-0.1, -0.05) is 6.92 Å². The van der Waals surface area contributed by atoms with Gasteiger partial charge in [0.2, 0.25) is 5.65 Å². The molecule has 4 nitrogen and oxygen atoms in total. The molecular formula is C11H14BrN3O. The molecule has 0 saturated heterocycles. The Kier molecular flexibility index (Phi) is 2.88. The molecule has 0 radical (unpaired) electrons. The predicted octanol–water partition coefficient (Wildman–Crippen LogP) is 3.06. The Morgan fingerprint density at radius 1 is 1.50 bits per heavy atom. The van der Waals surface area contributed by atoms with Crippen LogP contribution in [0.3, 0.4) is 0 Å². The Morgan fingerprint density at radius 2 is 2.25 bits per heavy atom. The van der Waals surface area contributed by atoms with E-state index in [0.29, 0.717) is 5.88 Å². The maximum Gasteiger partial charge on any atom is 0.259 e. The molecule has 0 aromatic carbocycles. The normalized spacial score (nSPS) is 12.0. The molecule has 2 aromatic rings. The Labute approximate surface area is 103 Å². The number of hydrogen-bond donors (Lipinski definition) is 0. The summed E-state index contributed by atoms with van der Waals surface area (Å²) in [5, 5.41) is 0. The first-order valence-corrected chi connectivity index (χ1v) is 5.99. The predicted molar refractivity (Wildman–Crippen MR) is 65.7 cm³/mol. The highest BCUT2D eigenvalue weighted by atomic mass is 79.9. The van der Waals surface area contributed by atoms with Crippen molar-refractivity contribution in [2.75, 3.05) is 0 Å². The summed E-state index contributed by atoms with van der Waals surface area (Å²) in [5.41, 5.74) is 0.505. The molecule has 0 fully saturated rings. The second kappa shape index (κ2) is 4.05. The highest BCUT2D eigenvalue weighted by Crippen LogP contribution is 2.24. The fraction of sp³-hybridized carbons (Fsp3) is 0.455. The molecule has 16 heavy (non-hydrogen) atoms. The second-order valence-electron chi connectivity index (χ2n) is 4.24. The van der Waals surface area contributed by atoms with Crippen molar-refractivity contribution < 1.29 is 4.74 Å². The van der Waals surface area contributed by atoms with E-state index in [1.165, 1.54) is 0 Å². The van der Waals surface area contributed by atoms with Crippen LogP contribution in [0.5, 0.6) is 5.88 Å². The topological polar surface area (TPSA) is 39.4 Å². The van der Waals surface area contributed by atoms with Gasteiger partial charge in [-0.15, -0.1) is 0 Å². The van der Waals surface area contributed by atoms with Crippen LogP contribution in [-0.2, 0) is 0 Å². The van der Waals surface area contributed by atoms with Crippen molar-refractivity contribution in [2.24, 2.45) is 0 Å². The summed E-state index contributed by atoms with van der Waals surface area (Å²) < 4.78 is 8.50. The monoisotopic (exact) mass is 283 g/mol. The van der Waals surface area contributed by atoms with E-state index in [1.807, 2.05) is 30.6 Å². The van der Waals surface area contributed by atoms with E-state index in [4.69, 9.17) is 4.74 Å². The summed E-state index contributed by atoms with van der Waals surface area (Å²) >= 11 is 3.36. The van der Waals surface area contributed by atoms with Gasteiger partial charge in [-0.2, -0.15) is 0 Å². The highest BCUT2D eigenvalue weighted by Gasteiger charge is 2.20.